The van der Waals surface area contributed by atoms with Crippen molar-refractivity contribution in [1.29, 1.82) is 0 Å². The molecule has 1 aliphatic carbocycles. The van der Waals surface area contributed by atoms with Crippen LogP contribution in [0.2, 0.25) is 0 Å². The Hall–Kier alpha value is -2.15. The lowest BCUT2D eigenvalue weighted by atomic mass is 9.89. The number of H-pyrrole nitrogens is 1. The molecule has 2 heterocycles. The van der Waals surface area contributed by atoms with Crippen molar-refractivity contribution in [3.8, 4) is 11.1 Å². The molecule has 2 aromatic carbocycles. The molecule has 1 aliphatic heterocycles. The van der Waals surface area contributed by atoms with Crippen LogP contribution in [0.1, 0.15) is 37.2 Å². The number of nitrogens with one attached hydrogen (secondary N) is 1. The summed E-state index contributed by atoms with van der Waals surface area (Å²) in [5.74, 6) is 1.13. The third-order valence-electron chi connectivity index (χ3n) is 6.64. The zero-order valence-corrected chi connectivity index (χ0v) is 18.6. The van der Waals surface area contributed by atoms with Gasteiger partial charge >= 0.3 is 0 Å². The molecule has 0 unspecified atom stereocenters. The van der Waals surface area contributed by atoms with E-state index in [0.717, 1.165) is 18.4 Å². The summed E-state index contributed by atoms with van der Waals surface area (Å²) in [4.78, 5) is 3.41. The Kier molecular flexibility index (Phi) is 5.87. The lowest BCUT2D eigenvalue weighted by Gasteiger charge is -2.31. The number of aromatic nitrogens is 1. The Morgan fingerprint density at radius 1 is 0.968 bits per heavy atom. The Morgan fingerprint density at radius 3 is 2.48 bits per heavy atom. The molecule has 2 fully saturated rings. The molecule has 3 aromatic rings. The average Bonchev–Trinajstić information content (AvgIpc) is 3.54. The number of nitrogens with zero attached hydrogens (tertiary/aromatic N) is 1. The van der Waals surface area contributed by atoms with E-state index in [4.69, 9.17) is 4.74 Å². The molecular weight excluding hydrogens is 408 g/mol. The first-order valence-electron chi connectivity index (χ1n) is 11.3. The number of ether oxygens (including phenoxy) is 1. The fraction of sp³-hybridized carbons (Fsp3) is 0.440. The Bertz CT molecular complexity index is 1130. The molecule has 1 saturated carbocycles. The summed E-state index contributed by atoms with van der Waals surface area (Å²) in [7, 11) is -3.24. The normalized spacial score (nSPS) is 18.6. The standard InChI is InChI=1S/C25H30N2O3S/c28-31(29,15-14-30-18-19-6-7-19)27-12-10-21(11-13-27)24-17-26-25-9-8-22(16-23(24)25)20-4-2-1-3-5-20/h1-5,8-9,16-17,19,21,26H,6-7,10-15,18H2. The van der Waals surface area contributed by atoms with Gasteiger partial charge in [0.15, 0.2) is 0 Å². The molecule has 0 bridgehead atoms. The highest BCUT2D eigenvalue weighted by atomic mass is 32.2. The van der Waals surface area contributed by atoms with Crippen LogP contribution in [-0.2, 0) is 14.8 Å². The van der Waals surface area contributed by atoms with E-state index in [0.29, 0.717) is 38.1 Å². The Labute approximate surface area is 184 Å². The molecule has 0 amide bonds. The van der Waals surface area contributed by atoms with Gasteiger partial charge in [0.25, 0.3) is 0 Å². The van der Waals surface area contributed by atoms with Crippen LogP contribution >= 0.6 is 0 Å². The van der Waals surface area contributed by atoms with Crippen LogP contribution < -0.4 is 0 Å². The summed E-state index contributed by atoms with van der Waals surface area (Å²) in [5, 5.41) is 1.25. The largest absolute Gasteiger partial charge is 0.380 e. The molecule has 6 heteroatoms. The Balaban J connectivity index is 1.24. The lowest BCUT2D eigenvalue weighted by Crippen LogP contribution is -2.40. The predicted octanol–water partition coefficient (Wildman–Crippen LogP) is 4.77. The number of benzene rings is 2. The molecule has 0 atom stereocenters. The SMILES string of the molecule is O=S(=O)(CCOCC1CC1)N1CCC(c2c[nH]c3ccc(-c4ccccc4)cc23)CC1. The maximum atomic E-state index is 12.7. The monoisotopic (exact) mass is 438 g/mol. The average molecular weight is 439 g/mol. The van der Waals surface area contributed by atoms with E-state index in [-0.39, 0.29) is 5.75 Å². The van der Waals surface area contributed by atoms with Crippen LogP contribution in [0.15, 0.2) is 54.7 Å². The van der Waals surface area contributed by atoms with Crippen molar-refractivity contribution in [3.63, 3.8) is 0 Å². The van der Waals surface area contributed by atoms with E-state index < -0.39 is 10.0 Å². The summed E-state index contributed by atoms with van der Waals surface area (Å²) in [6, 6.07) is 17.0. The maximum Gasteiger partial charge on any atom is 0.216 e. The number of piperidine rings is 1. The van der Waals surface area contributed by atoms with E-state index in [9.17, 15) is 8.42 Å². The van der Waals surface area contributed by atoms with Gasteiger partial charge in [-0.05, 0) is 66.3 Å². The fourth-order valence-electron chi connectivity index (χ4n) is 4.56. The van der Waals surface area contributed by atoms with Crippen LogP contribution in [0.25, 0.3) is 22.0 Å². The number of aromatic amines is 1. The number of hydrogen-bond acceptors (Lipinski definition) is 3. The predicted molar refractivity (Wildman–Crippen MR) is 125 cm³/mol. The van der Waals surface area contributed by atoms with Crippen LogP contribution in [0.3, 0.4) is 0 Å². The maximum absolute atomic E-state index is 12.7. The minimum Gasteiger partial charge on any atom is -0.380 e. The molecule has 5 nitrogen and oxygen atoms in total. The molecule has 164 valence electrons. The minimum atomic E-state index is -3.24. The van der Waals surface area contributed by atoms with E-state index >= 15 is 0 Å². The van der Waals surface area contributed by atoms with Crippen molar-refractivity contribution in [3.05, 3.63) is 60.3 Å². The van der Waals surface area contributed by atoms with Gasteiger partial charge in [-0.25, -0.2) is 12.7 Å². The number of sulfonamides is 1. The minimum absolute atomic E-state index is 0.0951. The quantitative estimate of drug-likeness (QED) is 0.515. The summed E-state index contributed by atoms with van der Waals surface area (Å²) in [6.45, 7) is 2.19. The van der Waals surface area contributed by atoms with E-state index in [1.807, 2.05) is 6.07 Å². The second-order valence-corrected chi connectivity index (χ2v) is 11.0. The van der Waals surface area contributed by atoms with Crippen LogP contribution in [0.4, 0.5) is 0 Å². The van der Waals surface area contributed by atoms with Gasteiger partial charge < -0.3 is 9.72 Å². The number of fused-ring (bicyclic) bond motifs is 1. The molecule has 1 aromatic heterocycles. The third-order valence-corrected chi connectivity index (χ3v) is 8.48. The van der Waals surface area contributed by atoms with E-state index in [1.165, 1.54) is 34.9 Å². The van der Waals surface area contributed by atoms with Crippen LogP contribution in [-0.4, -0.2) is 49.8 Å². The van der Waals surface area contributed by atoms with E-state index in [2.05, 4.69) is 53.6 Å². The smallest absolute Gasteiger partial charge is 0.216 e. The molecular formula is C25H30N2O3S. The topological polar surface area (TPSA) is 62.4 Å². The first-order valence-corrected chi connectivity index (χ1v) is 12.9. The highest BCUT2D eigenvalue weighted by molar-refractivity contribution is 7.89. The lowest BCUT2D eigenvalue weighted by molar-refractivity contribution is 0.137. The van der Waals surface area contributed by atoms with Gasteiger partial charge in [-0.3, -0.25) is 0 Å². The van der Waals surface area contributed by atoms with Crippen molar-refractivity contribution < 1.29 is 13.2 Å². The van der Waals surface area contributed by atoms with Gasteiger partial charge in [-0.15, -0.1) is 0 Å². The Morgan fingerprint density at radius 2 is 1.74 bits per heavy atom. The fourth-order valence-corrected chi connectivity index (χ4v) is 5.92. The van der Waals surface area contributed by atoms with E-state index in [1.54, 1.807) is 4.31 Å². The zero-order valence-electron chi connectivity index (χ0n) is 17.8. The van der Waals surface area contributed by atoms with Crippen molar-refractivity contribution in [2.24, 2.45) is 5.92 Å². The van der Waals surface area contributed by atoms with Gasteiger partial charge in [0.2, 0.25) is 10.0 Å². The molecule has 31 heavy (non-hydrogen) atoms. The van der Waals surface area contributed by atoms with Crippen LogP contribution in [0, 0.1) is 5.92 Å². The molecule has 5 rings (SSSR count). The number of rotatable bonds is 8. The molecule has 0 spiro atoms. The molecule has 2 aliphatic rings. The summed E-state index contributed by atoms with van der Waals surface area (Å²) in [6.07, 6.45) is 6.26. The second-order valence-electron chi connectivity index (χ2n) is 8.88. The first-order chi connectivity index (χ1) is 15.1. The summed E-state index contributed by atoms with van der Waals surface area (Å²) < 4.78 is 32.6. The van der Waals surface area contributed by atoms with Gasteiger partial charge in [-0.2, -0.15) is 0 Å². The van der Waals surface area contributed by atoms with Crippen LogP contribution in [0.5, 0.6) is 0 Å². The van der Waals surface area contributed by atoms with Crippen molar-refractivity contribution in [2.75, 3.05) is 32.1 Å². The molecule has 1 N–H and O–H groups in total. The molecule has 1 saturated heterocycles. The first kappa shape index (κ1) is 20.7. The van der Waals surface area contributed by atoms with Gasteiger partial charge in [0.05, 0.1) is 12.4 Å². The van der Waals surface area contributed by atoms with Crippen molar-refractivity contribution >= 4 is 20.9 Å². The summed E-state index contributed by atoms with van der Waals surface area (Å²) in [5.41, 5.74) is 4.86. The highest BCUT2D eigenvalue weighted by Gasteiger charge is 2.30. The highest BCUT2D eigenvalue weighted by Crippen LogP contribution is 2.35. The van der Waals surface area contributed by atoms with Crippen molar-refractivity contribution in [2.45, 2.75) is 31.6 Å². The molecule has 0 radical (unpaired) electrons. The van der Waals surface area contributed by atoms with Gasteiger partial charge in [0, 0.05) is 36.8 Å². The number of hydrogen-bond donors (Lipinski definition) is 1. The zero-order chi connectivity index (χ0) is 21.3. The second kappa shape index (κ2) is 8.77. The third kappa shape index (κ3) is 4.71. The van der Waals surface area contributed by atoms with Gasteiger partial charge in [0.1, 0.15) is 0 Å². The van der Waals surface area contributed by atoms with Gasteiger partial charge in [-0.1, -0.05) is 36.4 Å². The summed E-state index contributed by atoms with van der Waals surface area (Å²) >= 11 is 0. The van der Waals surface area contributed by atoms with Crippen molar-refractivity contribution in [1.82, 2.24) is 9.29 Å².